The fraction of sp³-hybridized carbons (Fsp3) is 0. The van der Waals surface area contributed by atoms with E-state index in [2.05, 4.69) is 0 Å². The molecule has 0 unspecified atom stereocenters. The van der Waals surface area contributed by atoms with Crippen LogP contribution in [0, 0.1) is 41.7 Å². The first-order valence-corrected chi connectivity index (χ1v) is 0. The largest absolute Gasteiger partial charge is 2.00 e. The summed E-state index contributed by atoms with van der Waals surface area (Å²) in [5.74, 6) is 0. The van der Waals surface area contributed by atoms with E-state index >= 15 is 0 Å². The summed E-state index contributed by atoms with van der Waals surface area (Å²) >= 11 is 0. The van der Waals surface area contributed by atoms with Crippen LogP contribution in [0.1, 0.15) is 2.85 Å². The van der Waals surface area contributed by atoms with Crippen molar-refractivity contribution in [3.05, 3.63) is 0 Å². The van der Waals surface area contributed by atoms with E-state index in [0.29, 0.717) is 0 Å². The van der Waals surface area contributed by atoms with E-state index in [1.807, 2.05) is 0 Å². The van der Waals surface area contributed by atoms with E-state index < -0.39 is 0 Å². The van der Waals surface area contributed by atoms with Gasteiger partial charge in [0.15, 0.2) is 17.4 Å². The van der Waals surface area contributed by atoms with Crippen molar-refractivity contribution in [3.63, 3.8) is 0 Å². The molecule has 0 nitrogen and oxygen atoms in total. The van der Waals surface area contributed by atoms with Crippen molar-refractivity contribution in [2.24, 2.45) is 0 Å². The van der Waals surface area contributed by atoms with E-state index in [9.17, 15) is 0 Å². The van der Waals surface area contributed by atoms with Gasteiger partial charge >= 0.3 is 37.7 Å². The molecule has 0 atom stereocenters. The second kappa shape index (κ2) is 15.8. The van der Waals surface area contributed by atoms with Crippen LogP contribution in [-0.2, 0) is 21.7 Å². The molecule has 0 amide bonds. The van der Waals surface area contributed by atoms with E-state index in [4.69, 9.17) is 0 Å². The first-order chi connectivity index (χ1) is 0. The maximum Gasteiger partial charge on any atom is 2.00 e. The van der Waals surface area contributed by atoms with Crippen molar-refractivity contribution in [1.29, 1.82) is 0 Å². The standard InChI is InChI=1S/Al.Ca.Ce.Ti.5H/q;+2;;;;;;2*-1. The molecule has 4 heavy (non-hydrogen) atoms. The molecule has 0 aromatic rings. The fourth-order valence-electron chi connectivity index (χ4n) is 0. The summed E-state index contributed by atoms with van der Waals surface area (Å²) in [6.45, 7) is 0. The number of hydrogen-bond donors (Lipinski definition) is 0. The van der Waals surface area contributed by atoms with Crippen LogP contribution >= 0.6 is 0 Å². The van der Waals surface area contributed by atoms with Gasteiger partial charge in [-0.3, -0.25) is 0 Å². The van der Waals surface area contributed by atoms with Gasteiger partial charge in [-0.1, -0.05) is 0 Å². The van der Waals surface area contributed by atoms with Crippen molar-refractivity contribution in [2.45, 2.75) is 0 Å². The van der Waals surface area contributed by atoms with Gasteiger partial charge in [-0.2, -0.15) is 0 Å². The molecule has 0 N–H and O–H groups in total. The maximum absolute atomic E-state index is 0. The third kappa shape index (κ3) is 9.30. The molecule has 0 heterocycles. The van der Waals surface area contributed by atoms with Crippen LogP contribution in [0.3, 0.4) is 0 Å². The van der Waals surface area contributed by atoms with Crippen LogP contribution in [0.4, 0.5) is 0 Å². The molecule has 0 saturated heterocycles. The Bertz CT molecular complexity index is 13.5. The van der Waals surface area contributed by atoms with E-state index in [0.717, 1.165) is 0 Å². The molecule has 0 radical (unpaired) electrons. The normalized spacial score (nSPS) is 0. The summed E-state index contributed by atoms with van der Waals surface area (Å²) in [6, 6.07) is 0. The zero-order valence-electron chi connectivity index (χ0n) is 3.71. The molecule has 0 aliphatic carbocycles. The average Bonchev–Trinajstić information content (AvgIpc) is 0. The zero-order valence-corrected chi connectivity index (χ0v) is 8.62. The molecule has 0 aliphatic rings. The van der Waals surface area contributed by atoms with Gasteiger partial charge in [0, 0.05) is 63.5 Å². The summed E-state index contributed by atoms with van der Waals surface area (Å²) in [6.07, 6.45) is 0. The molecule has 0 aromatic carbocycles. The minimum atomic E-state index is 0. The van der Waals surface area contributed by atoms with E-state index in [1.54, 1.807) is 0 Å². The Morgan fingerprint density at radius 2 is 1.25 bits per heavy atom. The molecular formula is H5AlCaCeTi. The molecule has 0 spiro atoms. The van der Waals surface area contributed by atoms with Gasteiger partial charge in [-0.05, 0) is 0 Å². The molecule has 4 heteroatoms. The Morgan fingerprint density at radius 1 is 1.25 bits per heavy atom. The molecule has 0 saturated carbocycles. The minimum Gasteiger partial charge on any atom is -1.00 e. The quantitative estimate of drug-likeness (QED) is 0.473. The summed E-state index contributed by atoms with van der Waals surface area (Å²) in [7, 11) is 0. The second-order valence-corrected chi connectivity index (χ2v) is 0. The third-order valence-electron chi connectivity index (χ3n) is 0. The molecule has 0 aromatic heterocycles. The van der Waals surface area contributed by atoms with Crippen molar-refractivity contribution in [1.82, 2.24) is 0 Å². The second-order valence-electron chi connectivity index (χ2n) is 0. The smallest absolute Gasteiger partial charge is 1.00 e. The summed E-state index contributed by atoms with van der Waals surface area (Å²) in [5, 5.41) is 0. The van der Waals surface area contributed by atoms with Crippen molar-refractivity contribution >= 4 is 55.1 Å². The van der Waals surface area contributed by atoms with Gasteiger partial charge in [-0.15, -0.1) is 0 Å². The third-order valence-corrected chi connectivity index (χ3v) is 0. The summed E-state index contributed by atoms with van der Waals surface area (Å²) in [4.78, 5) is 0. The fourth-order valence-corrected chi connectivity index (χ4v) is 0. The van der Waals surface area contributed by atoms with Crippen molar-refractivity contribution in [3.8, 4) is 0 Å². The van der Waals surface area contributed by atoms with Gasteiger partial charge in [0.2, 0.25) is 0 Å². The Labute approximate surface area is 118 Å². The topological polar surface area (TPSA) is 0 Å². The molecule has 18 valence electrons. The molecule has 0 aliphatic heterocycles. The van der Waals surface area contributed by atoms with Gasteiger partial charge in [-0.25, -0.2) is 0 Å². The molecule has 0 bridgehead atoms. The average molecular weight is 260 g/mol. The Kier molecular flexibility index (Phi) is 97.8. The Balaban J connectivity index is 0. The van der Waals surface area contributed by atoms with Crippen molar-refractivity contribution < 1.29 is 66.3 Å². The van der Waals surface area contributed by atoms with Gasteiger partial charge in [0.05, 0.1) is 0 Å². The molecular weight excluding hydrogens is 255 g/mol. The van der Waals surface area contributed by atoms with Crippen LogP contribution in [0.2, 0.25) is 0 Å². The number of hydrogen-bond acceptors (Lipinski definition) is 0. The van der Waals surface area contributed by atoms with Gasteiger partial charge < -0.3 is 2.85 Å². The van der Waals surface area contributed by atoms with Crippen molar-refractivity contribution in [2.75, 3.05) is 0 Å². The van der Waals surface area contributed by atoms with Crippen LogP contribution < -0.4 is 0 Å². The van der Waals surface area contributed by atoms with E-state index in [1.165, 1.54) is 0 Å². The predicted octanol–water partition coefficient (Wildman–Crippen LogP) is -1.34. The SMILES string of the molecule is [AlH3].[Ca+2].[Ce].[H-].[H-].[Ti]. The first kappa shape index (κ1) is 24.8. The molecule has 0 fully saturated rings. The predicted molar refractivity (Wildman–Crippen MR) is 17.9 cm³/mol. The Hall–Kier alpha value is 3.88. The van der Waals surface area contributed by atoms with Crippen LogP contribution in [0.15, 0.2) is 0 Å². The van der Waals surface area contributed by atoms with Gasteiger partial charge in [0.1, 0.15) is 0 Å². The summed E-state index contributed by atoms with van der Waals surface area (Å²) < 4.78 is 0. The molecule has 0 rings (SSSR count). The minimum absolute atomic E-state index is 0. The van der Waals surface area contributed by atoms with Crippen LogP contribution in [0.25, 0.3) is 0 Å². The number of rotatable bonds is 0. The monoisotopic (exact) mass is 260 g/mol. The summed E-state index contributed by atoms with van der Waals surface area (Å²) in [5.41, 5.74) is 0. The van der Waals surface area contributed by atoms with Gasteiger partial charge in [0.25, 0.3) is 0 Å². The first-order valence-electron chi connectivity index (χ1n) is 0. The maximum atomic E-state index is 0. The van der Waals surface area contributed by atoms with Crippen LogP contribution in [-0.4, -0.2) is 55.1 Å². The van der Waals surface area contributed by atoms with Crippen LogP contribution in [0.5, 0.6) is 0 Å². The zero-order chi connectivity index (χ0) is 0. The van der Waals surface area contributed by atoms with E-state index in [-0.39, 0.29) is 121 Å². The Morgan fingerprint density at radius 3 is 1.25 bits per heavy atom.